The van der Waals surface area contributed by atoms with E-state index in [9.17, 15) is 14.0 Å². The summed E-state index contributed by atoms with van der Waals surface area (Å²) in [6.45, 7) is 3.40. The van der Waals surface area contributed by atoms with Gasteiger partial charge in [0.15, 0.2) is 6.61 Å². The van der Waals surface area contributed by atoms with Crippen molar-refractivity contribution >= 4 is 34.8 Å². The second kappa shape index (κ2) is 7.33. The zero-order valence-corrected chi connectivity index (χ0v) is 15.1. The Morgan fingerprint density at radius 1 is 1.35 bits per heavy atom. The molecule has 0 bridgehead atoms. The van der Waals surface area contributed by atoms with Gasteiger partial charge in [-0.15, -0.1) is 0 Å². The minimum absolute atomic E-state index is 0.0255. The molecule has 2 amide bonds. The summed E-state index contributed by atoms with van der Waals surface area (Å²) in [5, 5.41) is 3.03. The van der Waals surface area contributed by atoms with Gasteiger partial charge < -0.3 is 15.0 Å². The van der Waals surface area contributed by atoms with Crippen LogP contribution in [0.4, 0.5) is 15.8 Å². The highest BCUT2D eigenvalue weighted by atomic mass is 35.5. The first-order valence-electron chi connectivity index (χ1n) is 8.17. The molecule has 0 atom stereocenters. The highest BCUT2D eigenvalue weighted by Crippen LogP contribution is 2.36. The maximum Gasteiger partial charge on any atom is 0.265 e. The topological polar surface area (TPSA) is 58.6 Å². The molecule has 1 aliphatic rings. The fourth-order valence-corrected chi connectivity index (χ4v) is 2.80. The molecule has 0 unspecified atom stereocenters. The van der Waals surface area contributed by atoms with Crippen molar-refractivity contribution in [2.45, 2.75) is 20.4 Å². The van der Waals surface area contributed by atoms with Crippen LogP contribution >= 0.6 is 11.6 Å². The number of rotatable bonds is 4. The Labute approximate surface area is 155 Å². The van der Waals surface area contributed by atoms with E-state index < -0.39 is 5.82 Å². The molecule has 0 fully saturated rings. The number of carbonyl (C=O) groups is 2. The largest absolute Gasteiger partial charge is 0.482 e. The molecule has 0 aromatic heterocycles. The van der Waals surface area contributed by atoms with E-state index in [1.807, 2.05) is 0 Å². The van der Waals surface area contributed by atoms with Gasteiger partial charge >= 0.3 is 0 Å². The lowest BCUT2D eigenvalue weighted by Crippen LogP contribution is -2.38. The Bertz CT molecular complexity index is 850. The van der Waals surface area contributed by atoms with E-state index in [-0.39, 0.29) is 41.5 Å². The molecule has 0 saturated carbocycles. The molecule has 0 saturated heterocycles. The number of hydrogen-bond acceptors (Lipinski definition) is 3. The summed E-state index contributed by atoms with van der Waals surface area (Å²) < 4.78 is 19.6. The summed E-state index contributed by atoms with van der Waals surface area (Å²) in [6.07, 6.45) is 0. The summed E-state index contributed by atoms with van der Waals surface area (Å²) in [5.74, 6) is -0.639. The lowest BCUT2D eigenvalue weighted by atomic mass is 10.1. The molecule has 0 spiro atoms. The molecule has 136 valence electrons. The van der Waals surface area contributed by atoms with Crippen LogP contribution in [0.2, 0.25) is 5.02 Å². The number of halogens is 2. The van der Waals surface area contributed by atoms with Crippen molar-refractivity contribution in [2.75, 3.05) is 16.8 Å². The average Bonchev–Trinajstić information content (AvgIpc) is 2.59. The van der Waals surface area contributed by atoms with Crippen LogP contribution in [0.1, 0.15) is 19.4 Å². The Hall–Kier alpha value is -2.60. The second-order valence-electron chi connectivity index (χ2n) is 6.30. The van der Waals surface area contributed by atoms with Crippen molar-refractivity contribution in [3.8, 4) is 5.75 Å². The first-order valence-corrected chi connectivity index (χ1v) is 8.55. The van der Waals surface area contributed by atoms with Crippen LogP contribution in [0.3, 0.4) is 0 Å². The molecule has 1 aliphatic heterocycles. The summed E-state index contributed by atoms with van der Waals surface area (Å²) in [6, 6.07) is 9.39. The number of nitrogens with zero attached hydrogens (tertiary/aromatic N) is 1. The van der Waals surface area contributed by atoms with Gasteiger partial charge in [0, 0.05) is 22.2 Å². The predicted octanol–water partition coefficient (Wildman–Crippen LogP) is 4.00. The highest BCUT2D eigenvalue weighted by molar-refractivity contribution is 6.31. The SMILES string of the molecule is CC(C)C(=O)Nc1ccc2c(c1)N(Cc1c(F)cccc1Cl)C(=O)CO2. The van der Waals surface area contributed by atoms with Crippen LogP contribution in [0, 0.1) is 11.7 Å². The lowest BCUT2D eigenvalue weighted by molar-refractivity contribution is -0.121. The van der Waals surface area contributed by atoms with E-state index >= 15 is 0 Å². The zero-order valence-electron chi connectivity index (χ0n) is 14.4. The maximum atomic E-state index is 14.1. The van der Waals surface area contributed by atoms with Gasteiger partial charge in [-0.25, -0.2) is 4.39 Å². The number of nitrogens with one attached hydrogen (secondary N) is 1. The first-order chi connectivity index (χ1) is 12.4. The van der Waals surface area contributed by atoms with Crippen molar-refractivity contribution in [1.29, 1.82) is 0 Å². The number of hydrogen-bond donors (Lipinski definition) is 1. The number of benzene rings is 2. The average molecular weight is 377 g/mol. The van der Waals surface area contributed by atoms with Gasteiger partial charge in [-0.05, 0) is 30.3 Å². The van der Waals surface area contributed by atoms with Crippen LogP contribution in [-0.4, -0.2) is 18.4 Å². The van der Waals surface area contributed by atoms with Gasteiger partial charge in [0.2, 0.25) is 5.91 Å². The molecule has 0 radical (unpaired) electrons. The van der Waals surface area contributed by atoms with Gasteiger partial charge in [-0.2, -0.15) is 0 Å². The molecule has 3 rings (SSSR count). The summed E-state index contributed by atoms with van der Waals surface area (Å²) in [4.78, 5) is 25.7. The standard InChI is InChI=1S/C19H18ClFN2O3/c1-11(2)19(25)22-12-6-7-17-16(8-12)23(18(24)10-26-17)9-13-14(20)4-3-5-15(13)21/h3-8,11H,9-10H2,1-2H3,(H,22,25). The highest BCUT2D eigenvalue weighted by Gasteiger charge is 2.27. The van der Waals surface area contributed by atoms with Crippen LogP contribution in [0.5, 0.6) is 5.75 Å². The first kappa shape index (κ1) is 18.2. The lowest BCUT2D eigenvalue weighted by Gasteiger charge is -2.30. The summed E-state index contributed by atoms with van der Waals surface area (Å²) in [5.41, 5.74) is 1.22. The molecule has 26 heavy (non-hydrogen) atoms. The molecule has 2 aromatic carbocycles. The molecule has 7 heteroatoms. The number of ether oxygens (including phenoxy) is 1. The zero-order chi connectivity index (χ0) is 18.8. The molecule has 1 heterocycles. The second-order valence-corrected chi connectivity index (χ2v) is 6.70. The van der Waals surface area contributed by atoms with Gasteiger partial charge in [-0.1, -0.05) is 31.5 Å². The monoisotopic (exact) mass is 376 g/mol. The predicted molar refractivity (Wildman–Crippen MR) is 98.0 cm³/mol. The maximum absolute atomic E-state index is 14.1. The van der Waals surface area contributed by atoms with E-state index in [4.69, 9.17) is 16.3 Å². The van der Waals surface area contributed by atoms with Crippen LogP contribution in [0.25, 0.3) is 0 Å². The fourth-order valence-electron chi connectivity index (χ4n) is 2.58. The van der Waals surface area contributed by atoms with Gasteiger partial charge in [-0.3, -0.25) is 9.59 Å². The smallest absolute Gasteiger partial charge is 0.265 e. The Kier molecular flexibility index (Phi) is 5.13. The van der Waals surface area contributed by atoms with Crippen molar-refractivity contribution in [3.05, 3.63) is 52.8 Å². The van der Waals surface area contributed by atoms with Crippen molar-refractivity contribution in [3.63, 3.8) is 0 Å². The Balaban J connectivity index is 1.95. The molecular formula is C19H18ClFN2O3. The van der Waals surface area contributed by atoms with Crippen molar-refractivity contribution in [2.24, 2.45) is 5.92 Å². The van der Waals surface area contributed by atoms with Crippen molar-refractivity contribution in [1.82, 2.24) is 0 Å². The molecule has 5 nitrogen and oxygen atoms in total. The fraction of sp³-hybridized carbons (Fsp3) is 0.263. The third kappa shape index (κ3) is 3.65. The molecule has 0 aliphatic carbocycles. The Morgan fingerprint density at radius 2 is 2.12 bits per heavy atom. The van der Waals surface area contributed by atoms with Gasteiger partial charge in [0.25, 0.3) is 5.91 Å². The van der Waals surface area contributed by atoms with Crippen molar-refractivity contribution < 1.29 is 18.7 Å². The molecule has 2 aromatic rings. The van der Waals surface area contributed by atoms with E-state index in [2.05, 4.69) is 5.32 Å². The minimum atomic E-state index is -0.484. The van der Waals surface area contributed by atoms with Crippen LogP contribution < -0.4 is 15.0 Å². The number of carbonyl (C=O) groups excluding carboxylic acids is 2. The number of fused-ring (bicyclic) bond motifs is 1. The molecule has 1 N–H and O–H groups in total. The number of anilines is 2. The quantitative estimate of drug-likeness (QED) is 0.877. The summed E-state index contributed by atoms with van der Waals surface area (Å²) >= 11 is 6.09. The third-order valence-corrected chi connectivity index (χ3v) is 4.43. The van der Waals surface area contributed by atoms with E-state index in [0.717, 1.165) is 0 Å². The Morgan fingerprint density at radius 3 is 2.81 bits per heavy atom. The van der Waals surface area contributed by atoms with E-state index in [1.54, 1.807) is 38.1 Å². The van der Waals surface area contributed by atoms with Crippen LogP contribution in [-0.2, 0) is 16.1 Å². The number of amides is 2. The minimum Gasteiger partial charge on any atom is -0.482 e. The van der Waals surface area contributed by atoms with Crippen LogP contribution in [0.15, 0.2) is 36.4 Å². The van der Waals surface area contributed by atoms with Gasteiger partial charge in [0.05, 0.1) is 12.2 Å². The summed E-state index contributed by atoms with van der Waals surface area (Å²) in [7, 11) is 0. The molecular weight excluding hydrogens is 359 g/mol. The van der Waals surface area contributed by atoms with E-state index in [1.165, 1.54) is 17.0 Å². The van der Waals surface area contributed by atoms with E-state index in [0.29, 0.717) is 17.1 Å². The van der Waals surface area contributed by atoms with Gasteiger partial charge in [0.1, 0.15) is 11.6 Å². The third-order valence-electron chi connectivity index (χ3n) is 4.07. The normalized spacial score (nSPS) is 13.4.